The van der Waals surface area contributed by atoms with Gasteiger partial charge < -0.3 is 4.74 Å². The van der Waals surface area contributed by atoms with Gasteiger partial charge in [0.1, 0.15) is 0 Å². The van der Waals surface area contributed by atoms with Crippen molar-refractivity contribution in [1.29, 1.82) is 0 Å². The average molecular weight is 167 g/mol. The molecule has 0 amide bonds. The lowest BCUT2D eigenvalue weighted by molar-refractivity contribution is 0.169. The Bertz CT molecular complexity index is 39.1. The number of hydrogen-bond acceptors (Lipinski definition) is 1. The maximum absolute atomic E-state index is 4.86. The molecule has 0 spiro atoms. The van der Waals surface area contributed by atoms with E-state index < -0.39 is 0 Å². The van der Waals surface area contributed by atoms with Crippen LogP contribution >= 0.6 is 15.9 Å². The molecule has 0 saturated heterocycles. The standard InChI is InChI=1S/C5H11BrO/c1-5(3-6)4-7-2/h5H,3-4H2,1-2H3/t5-/m0/s1. The van der Waals surface area contributed by atoms with Crippen molar-refractivity contribution in [2.45, 2.75) is 6.92 Å². The summed E-state index contributed by atoms with van der Waals surface area (Å²) in [7, 11) is 1.72. The Morgan fingerprint density at radius 1 is 1.71 bits per heavy atom. The topological polar surface area (TPSA) is 9.23 Å². The van der Waals surface area contributed by atoms with Crippen LogP contribution in [0, 0.1) is 5.92 Å². The minimum atomic E-state index is 0.644. The fourth-order valence-electron chi connectivity index (χ4n) is 0.329. The maximum atomic E-state index is 4.86. The van der Waals surface area contributed by atoms with E-state index in [-0.39, 0.29) is 0 Å². The molecule has 0 aliphatic carbocycles. The van der Waals surface area contributed by atoms with Crippen LogP contribution in [0.15, 0.2) is 0 Å². The number of rotatable bonds is 3. The molecule has 0 aromatic heterocycles. The molecule has 0 aliphatic heterocycles. The molecule has 0 aliphatic rings. The van der Waals surface area contributed by atoms with Crippen LogP contribution in [0.2, 0.25) is 0 Å². The Morgan fingerprint density at radius 2 is 2.29 bits per heavy atom. The molecule has 0 unspecified atom stereocenters. The molecule has 0 aromatic carbocycles. The Labute approximate surface area is 53.2 Å². The second kappa shape index (κ2) is 4.60. The van der Waals surface area contributed by atoms with Crippen LogP contribution in [0.1, 0.15) is 6.92 Å². The van der Waals surface area contributed by atoms with Crippen molar-refractivity contribution in [3.05, 3.63) is 0 Å². The minimum Gasteiger partial charge on any atom is -0.384 e. The maximum Gasteiger partial charge on any atom is 0.0495 e. The van der Waals surface area contributed by atoms with Crippen LogP contribution in [0.3, 0.4) is 0 Å². The SMILES string of the molecule is COC[C@@H](C)CBr. The van der Waals surface area contributed by atoms with Gasteiger partial charge in [0.25, 0.3) is 0 Å². The van der Waals surface area contributed by atoms with E-state index in [2.05, 4.69) is 22.9 Å². The zero-order valence-electron chi connectivity index (χ0n) is 4.78. The summed E-state index contributed by atoms with van der Waals surface area (Å²) >= 11 is 3.34. The van der Waals surface area contributed by atoms with E-state index in [1.165, 1.54) is 0 Å². The summed E-state index contributed by atoms with van der Waals surface area (Å²) in [5.41, 5.74) is 0. The predicted molar refractivity (Wildman–Crippen MR) is 34.8 cm³/mol. The van der Waals surface area contributed by atoms with Crippen LogP contribution in [0.25, 0.3) is 0 Å². The monoisotopic (exact) mass is 166 g/mol. The summed E-state index contributed by atoms with van der Waals surface area (Å²) in [4.78, 5) is 0. The summed E-state index contributed by atoms with van der Waals surface area (Å²) in [6.45, 7) is 2.99. The number of ether oxygens (including phenoxy) is 1. The molecule has 1 atom stereocenters. The van der Waals surface area contributed by atoms with Crippen molar-refractivity contribution < 1.29 is 4.74 Å². The van der Waals surface area contributed by atoms with E-state index in [4.69, 9.17) is 4.74 Å². The first-order valence-corrected chi connectivity index (χ1v) is 3.48. The van der Waals surface area contributed by atoms with Crippen molar-refractivity contribution in [2.75, 3.05) is 19.0 Å². The summed E-state index contributed by atoms with van der Waals surface area (Å²) in [5.74, 6) is 0.644. The van der Waals surface area contributed by atoms with Crippen molar-refractivity contribution in [3.63, 3.8) is 0 Å². The first kappa shape index (κ1) is 7.44. The number of hydrogen-bond donors (Lipinski definition) is 0. The van der Waals surface area contributed by atoms with Gasteiger partial charge in [-0.15, -0.1) is 0 Å². The third kappa shape index (κ3) is 4.29. The van der Waals surface area contributed by atoms with Crippen LogP contribution in [0.5, 0.6) is 0 Å². The molecule has 0 N–H and O–H groups in total. The van der Waals surface area contributed by atoms with Crippen LogP contribution in [-0.4, -0.2) is 19.0 Å². The Morgan fingerprint density at radius 3 is 2.43 bits per heavy atom. The second-order valence-corrected chi connectivity index (χ2v) is 2.36. The van der Waals surface area contributed by atoms with E-state index in [9.17, 15) is 0 Å². The lowest BCUT2D eigenvalue weighted by atomic mass is 10.2. The molecule has 0 rings (SSSR count). The second-order valence-electron chi connectivity index (χ2n) is 1.71. The van der Waals surface area contributed by atoms with Gasteiger partial charge in [0.2, 0.25) is 0 Å². The highest BCUT2D eigenvalue weighted by Crippen LogP contribution is 1.98. The molecule has 1 nitrogen and oxygen atoms in total. The highest BCUT2D eigenvalue weighted by molar-refractivity contribution is 9.09. The first-order valence-electron chi connectivity index (χ1n) is 2.36. The van der Waals surface area contributed by atoms with E-state index in [0.29, 0.717) is 5.92 Å². The van der Waals surface area contributed by atoms with E-state index in [0.717, 1.165) is 11.9 Å². The van der Waals surface area contributed by atoms with Gasteiger partial charge in [0.05, 0.1) is 0 Å². The van der Waals surface area contributed by atoms with Gasteiger partial charge >= 0.3 is 0 Å². The summed E-state index contributed by atoms with van der Waals surface area (Å²) in [6.07, 6.45) is 0. The van der Waals surface area contributed by atoms with Crippen molar-refractivity contribution in [2.24, 2.45) is 5.92 Å². The van der Waals surface area contributed by atoms with Crippen LogP contribution in [0.4, 0.5) is 0 Å². The number of methoxy groups -OCH3 is 1. The van der Waals surface area contributed by atoms with Crippen LogP contribution < -0.4 is 0 Å². The predicted octanol–water partition coefficient (Wildman–Crippen LogP) is 1.66. The Kier molecular flexibility index (Phi) is 4.88. The molecule has 7 heavy (non-hydrogen) atoms. The largest absolute Gasteiger partial charge is 0.384 e. The highest BCUT2D eigenvalue weighted by Gasteiger charge is 1.94. The van der Waals surface area contributed by atoms with Gasteiger partial charge in [-0.2, -0.15) is 0 Å². The molecule has 0 bridgehead atoms. The van der Waals surface area contributed by atoms with Gasteiger partial charge in [-0.3, -0.25) is 0 Å². The lowest BCUT2D eigenvalue weighted by Crippen LogP contribution is -2.03. The van der Waals surface area contributed by atoms with Gasteiger partial charge in [-0.25, -0.2) is 0 Å². The third-order valence-corrected chi connectivity index (χ3v) is 1.82. The Hall–Kier alpha value is 0.440. The highest BCUT2D eigenvalue weighted by atomic mass is 79.9. The van der Waals surface area contributed by atoms with Crippen molar-refractivity contribution in [1.82, 2.24) is 0 Å². The summed E-state index contributed by atoms with van der Waals surface area (Å²) in [6, 6.07) is 0. The van der Waals surface area contributed by atoms with Gasteiger partial charge in [-0.1, -0.05) is 22.9 Å². The van der Waals surface area contributed by atoms with Crippen molar-refractivity contribution >= 4 is 15.9 Å². The fourth-order valence-corrected chi connectivity index (χ4v) is 0.516. The number of halogens is 1. The average Bonchev–Trinajstić information content (AvgIpc) is 1.68. The zero-order valence-corrected chi connectivity index (χ0v) is 6.36. The number of alkyl halides is 1. The molecule has 0 aromatic rings. The van der Waals surface area contributed by atoms with Crippen LogP contribution in [-0.2, 0) is 4.74 Å². The van der Waals surface area contributed by atoms with Gasteiger partial charge in [0, 0.05) is 19.0 Å². The molecule has 2 heteroatoms. The molecule has 44 valence electrons. The summed E-state index contributed by atoms with van der Waals surface area (Å²) < 4.78 is 4.86. The smallest absolute Gasteiger partial charge is 0.0495 e. The quantitative estimate of drug-likeness (QED) is 0.581. The first-order chi connectivity index (χ1) is 3.31. The van der Waals surface area contributed by atoms with E-state index in [1.807, 2.05) is 0 Å². The van der Waals surface area contributed by atoms with E-state index >= 15 is 0 Å². The molecular formula is C5H11BrO. The third-order valence-electron chi connectivity index (χ3n) is 0.715. The lowest BCUT2D eigenvalue weighted by Gasteiger charge is -2.02. The zero-order chi connectivity index (χ0) is 5.70. The molecule has 0 fully saturated rings. The van der Waals surface area contributed by atoms with Gasteiger partial charge in [-0.05, 0) is 5.92 Å². The van der Waals surface area contributed by atoms with E-state index in [1.54, 1.807) is 7.11 Å². The Balaban J connectivity index is 2.83. The molecule has 0 heterocycles. The molecule has 0 radical (unpaired) electrons. The minimum absolute atomic E-state index is 0.644. The van der Waals surface area contributed by atoms with Crippen molar-refractivity contribution in [3.8, 4) is 0 Å². The van der Waals surface area contributed by atoms with Gasteiger partial charge in [0.15, 0.2) is 0 Å². The molecular weight excluding hydrogens is 156 g/mol. The fraction of sp³-hybridized carbons (Fsp3) is 1.00. The summed E-state index contributed by atoms with van der Waals surface area (Å²) in [5, 5.41) is 1.03. The normalized spacial score (nSPS) is 14.1. The molecule has 0 saturated carbocycles.